The number of nitro benzene ring substituents is 2. The third-order valence-electron chi connectivity index (χ3n) is 4.04. The van der Waals surface area contributed by atoms with Crippen molar-refractivity contribution < 1.29 is 14.6 Å². The molecule has 30 heavy (non-hydrogen) atoms. The van der Waals surface area contributed by atoms with Crippen molar-refractivity contribution in [3.8, 4) is 5.75 Å². The lowest BCUT2D eigenvalue weighted by molar-refractivity contribution is -0.393. The van der Waals surface area contributed by atoms with Gasteiger partial charge < -0.3 is 4.74 Å². The Morgan fingerprint density at radius 3 is 2.47 bits per heavy atom. The second-order valence-electron chi connectivity index (χ2n) is 6.00. The molecule has 1 N–H and O–H groups in total. The smallest absolute Gasteiger partial charge is 0.301 e. The van der Waals surface area contributed by atoms with E-state index in [0.717, 1.165) is 17.7 Å². The van der Waals surface area contributed by atoms with Gasteiger partial charge in [-0.3, -0.25) is 25.7 Å². The molecule has 0 amide bonds. The zero-order valence-electron chi connectivity index (χ0n) is 15.4. The van der Waals surface area contributed by atoms with Crippen molar-refractivity contribution in [2.45, 2.75) is 6.61 Å². The lowest BCUT2D eigenvalue weighted by Crippen LogP contribution is -2.01. The maximum Gasteiger partial charge on any atom is 0.301 e. The van der Waals surface area contributed by atoms with Gasteiger partial charge in [0.05, 0.1) is 22.1 Å². The number of para-hydroxylation sites is 1. The third kappa shape index (κ3) is 5.09. The summed E-state index contributed by atoms with van der Waals surface area (Å²) in [6.07, 6.45) is 1.44. The molecular weight excluding hydrogens is 412 g/mol. The summed E-state index contributed by atoms with van der Waals surface area (Å²) >= 11 is 6.14. The van der Waals surface area contributed by atoms with Crippen molar-refractivity contribution >= 4 is 34.9 Å². The molecule has 0 radical (unpaired) electrons. The Morgan fingerprint density at radius 1 is 1.00 bits per heavy atom. The van der Waals surface area contributed by atoms with E-state index >= 15 is 0 Å². The van der Waals surface area contributed by atoms with Crippen LogP contribution in [-0.2, 0) is 6.61 Å². The Balaban J connectivity index is 1.75. The molecule has 0 fully saturated rings. The summed E-state index contributed by atoms with van der Waals surface area (Å²) in [5.74, 6) is 0.543. The molecular formula is C20H15ClN4O5. The molecule has 0 unspecified atom stereocenters. The van der Waals surface area contributed by atoms with Gasteiger partial charge in [-0.05, 0) is 24.3 Å². The Bertz CT molecular complexity index is 1120. The average Bonchev–Trinajstić information content (AvgIpc) is 2.74. The predicted octanol–water partition coefficient (Wildman–Crippen LogP) is 5.18. The van der Waals surface area contributed by atoms with Crippen LogP contribution in [0.2, 0.25) is 5.02 Å². The summed E-state index contributed by atoms with van der Waals surface area (Å²) in [6, 6.07) is 17.7. The van der Waals surface area contributed by atoms with Crippen LogP contribution in [0.15, 0.2) is 71.8 Å². The topological polar surface area (TPSA) is 120 Å². The van der Waals surface area contributed by atoms with Crippen LogP contribution in [0.4, 0.5) is 17.1 Å². The first-order valence-electron chi connectivity index (χ1n) is 8.63. The van der Waals surface area contributed by atoms with Crippen LogP contribution in [0.5, 0.6) is 5.75 Å². The van der Waals surface area contributed by atoms with Crippen molar-refractivity contribution in [3.05, 3.63) is 103 Å². The predicted molar refractivity (Wildman–Crippen MR) is 113 cm³/mol. The van der Waals surface area contributed by atoms with Gasteiger partial charge in [0, 0.05) is 22.2 Å². The highest BCUT2D eigenvalue weighted by Crippen LogP contribution is 2.29. The van der Waals surface area contributed by atoms with E-state index in [0.29, 0.717) is 16.3 Å². The van der Waals surface area contributed by atoms with Gasteiger partial charge in [-0.1, -0.05) is 41.9 Å². The van der Waals surface area contributed by atoms with E-state index < -0.39 is 15.5 Å². The molecule has 3 aromatic rings. The molecule has 0 heterocycles. The van der Waals surface area contributed by atoms with Crippen LogP contribution in [0.25, 0.3) is 0 Å². The molecule has 0 aliphatic carbocycles. The number of rotatable bonds is 8. The standard InChI is InChI=1S/C20H15ClN4O5/c21-17-7-3-1-6-15(17)13-30-20-8-4-2-5-14(20)12-22-23-18-10-9-16(24(26)27)11-19(18)25(28)29/h1-12,23H,13H2. The summed E-state index contributed by atoms with van der Waals surface area (Å²) in [5.41, 5.74) is 3.19. The van der Waals surface area contributed by atoms with Crippen LogP contribution in [0.3, 0.4) is 0 Å². The Kier molecular flexibility index (Phi) is 6.56. The third-order valence-corrected chi connectivity index (χ3v) is 4.41. The summed E-state index contributed by atoms with van der Waals surface area (Å²) in [7, 11) is 0. The molecule has 3 aromatic carbocycles. The van der Waals surface area contributed by atoms with Crippen molar-refractivity contribution in [2.24, 2.45) is 5.10 Å². The molecule has 0 aliphatic rings. The number of non-ortho nitro benzene ring substituents is 1. The molecule has 9 nitrogen and oxygen atoms in total. The van der Waals surface area contributed by atoms with E-state index in [2.05, 4.69) is 10.5 Å². The SMILES string of the molecule is O=[N+]([O-])c1ccc(NN=Cc2ccccc2OCc2ccccc2Cl)c([N+](=O)[O-])c1. The van der Waals surface area contributed by atoms with E-state index in [9.17, 15) is 20.2 Å². The van der Waals surface area contributed by atoms with E-state index in [1.54, 1.807) is 30.3 Å². The maximum absolute atomic E-state index is 11.2. The van der Waals surface area contributed by atoms with Crippen LogP contribution in [-0.4, -0.2) is 16.1 Å². The first kappa shape index (κ1) is 20.7. The molecule has 0 bridgehead atoms. The normalized spacial score (nSPS) is 10.7. The first-order valence-corrected chi connectivity index (χ1v) is 9.00. The van der Waals surface area contributed by atoms with Crippen molar-refractivity contribution in [2.75, 3.05) is 5.43 Å². The quantitative estimate of drug-likeness (QED) is 0.301. The summed E-state index contributed by atoms with van der Waals surface area (Å²) in [5, 5.41) is 26.6. The van der Waals surface area contributed by atoms with Gasteiger partial charge in [-0.25, -0.2) is 0 Å². The van der Waals surface area contributed by atoms with Crippen molar-refractivity contribution in [1.82, 2.24) is 0 Å². The Morgan fingerprint density at radius 2 is 1.73 bits per heavy atom. The fourth-order valence-electron chi connectivity index (χ4n) is 2.54. The first-order chi connectivity index (χ1) is 14.5. The minimum Gasteiger partial charge on any atom is -0.488 e. The number of nitro groups is 2. The number of benzene rings is 3. The van der Waals surface area contributed by atoms with Crippen LogP contribution in [0, 0.1) is 20.2 Å². The highest BCUT2D eigenvalue weighted by atomic mass is 35.5. The van der Waals surface area contributed by atoms with E-state index in [1.165, 1.54) is 12.3 Å². The fourth-order valence-corrected chi connectivity index (χ4v) is 2.73. The molecule has 3 rings (SSSR count). The van der Waals surface area contributed by atoms with E-state index in [1.807, 2.05) is 18.2 Å². The number of anilines is 1. The molecule has 0 saturated heterocycles. The van der Waals surface area contributed by atoms with Gasteiger partial charge in [-0.15, -0.1) is 0 Å². The second-order valence-corrected chi connectivity index (χ2v) is 6.41. The largest absolute Gasteiger partial charge is 0.488 e. The van der Waals surface area contributed by atoms with Gasteiger partial charge in [0.15, 0.2) is 0 Å². The molecule has 0 atom stereocenters. The number of nitrogens with one attached hydrogen (secondary N) is 1. The molecule has 152 valence electrons. The monoisotopic (exact) mass is 426 g/mol. The molecule has 0 aromatic heterocycles. The lowest BCUT2D eigenvalue weighted by atomic mass is 10.2. The number of hydrazone groups is 1. The van der Waals surface area contributed by atoms with E-state index in [-0.39, 0.29) is 18.0 Å². The highest BCUT2D eigenvalue weighted by molar-refractivity contribution is 6.31. The minimum absolute atomic E-state index is 0.0244. The summed E-state index contributed by atoms with van der Waals surface area (Å²) in [6.45, 7) is 0.256. The van der Waals surface area contributed by atoms with E-state index in [4.69, 9.17) is 16.3 Å². The number of hydrogen-bond donors (Lipinski definition) is 1. The van der Waals surface area contributed by atoms with Crippen molar-refractivity contribution in [1.29, 1.82) is 0 Å². The minimum atomic E-state index is -0.717. The highest BCUT2D eigenvalue weighted by Gasteiger charge is 2.19. The van der Waals surface area contributed by atoms with Crippen LogP contribution >= 0.6 is 11.6 Å². The number of hydrogen-bond acceptors (Lipinski definition) is 7. The van der Waals surface area contributed by atoms with Crippen LogP contribution in [0.1, 0.15) is 11.1 Å². The zero-order chi connectivity index (χ0) is 21.5. The van der Waals surface area contributed by atoms with Gasteiger partial charge in [0.25, 0.3) is 5.69 Å². The summed E-state index contributed by atoms with van der Waals surface area (Å²) in [4.78, 5) is 20.6. The average molecular weight is 427 g/mol. The molecule has 0 saturated carbocycles. The zero-order valence-corrected chi connectivity index (χ0v) is 16.2. The molecule has 0 spiro atoms. The van der Waals surface area contributed by atoms with Gasteiger partial charge in [-0.2, -0.15) is 5.10 Å². The fraction of sp³-hybridized carbons (Fsp3) is 0.0500. The van der Waals surface area contributed by atoms with Gasteiger partial charge >= 0.3 is 5.69 Å². The van der Waals surface area contributed by atoms with Crippen LogP contribution < -0.4 is 10.2 Å². The van der Waals surface area contributed by atoms with Crippen molar-refractivity contribution in [3.63, 3.8) is 0 Å². The Hall–Kier alpha value is -3.98. The second kappa shape index (κ2) is 9.48. The lowest BCUT2D eigenvalue weighted by Gasteiger charge is -2.10. The number of nitrogens with zero attached hydrogens (tertiary/aromatic N) is 3. The molecule has 0 aliphatic heterocycles. The molecule has 10 heteroatoms. The number of ether oxygens (including phenoxy) is 1. The summed E-state index contributed by atoms with van der Waals surface area (Å²) < 4.78 is 5.82. The number of halogens is 1. The van der Waals surface area contributed by atoms with Gasteiger partial charge in [0.2, 0.25) is 0 Å². The maximum atomic E-state index is 11.2. The Labute approximate surface area is 175 Å². The van der Waals surface area contributed by atoms with Gasteiger partial charge in [0.1, 0.15) is 18.0 Å².